The van der Waals surface area contributed by atoms with Crippen molar-refractivity contribution in [3.05, 3.63) is 12.4 Å². The van der Waals surface area contributed by atoms with Gasteiger partial charge in [0, 0.05) is 31.3 Å². The Hall–Kier alpha value is -1.60. The second-order valence-electron chi connectivity index (χ2n) is 6.23. The van der Waals surface area contributed by atoms with E-state index in [0.717, 1.165) is 38.8 Å². The van der Waals surface area contributed by atoms with Crippen LogP contribution in [0.3, 0.4) is 0 Å². The van der Waals surface area contributed by atoms with Crippen molar-refractivity contribution in [1.82, 2.24) is 20.0 Å². The van der Waals surface area contributed by atoms with Gasteiger partial charge >= 0.3 is 6.03 Å². The Labute approximate surface area is 131 Å². The van der Waals surface area contributed by atoms with Gasteiger partial charge in [0.15, 0.2) is 0 Å². The zero-order valence-corrected chi connectivity index (χ0v) is 13.5. The summed E-state index contributed by atoms with van der Waals surface area (Å²) in [7, 11) is 4.02. The molecule has 0 radical (unpaired) electrons. The molecule has 2 amide bonds. The first-order valence-corrected chi connectivity index (χ1v) is 7.94. The van der Waals surface area contributed by atoms with E-state index in [4.69, 9.17) is 0 Å². The lowest BCUT2D eigenvalue weighted by atomic mass is 9.85. The largest absolute Gasteiger partial charge is 0.396 e. The van der Waals surface area contributed by atoms with Crippen LogP contribution < -0.4 is 10.6 Å². The third-order valence-electron chi connectivity index (χ3n) is 4.13. The standard InChI is InChI=1S/C15H27N5O2/c1-19(2)7-8-20-10-13(9-16-20)17-15(22)18-14-6-4-3-5-12(14)11-21/h9-10,12,14,21H,3-8,11H2,1-2H3,(H2,17,18,22). The maximum Gasteiger partial charge on any atom is 0.319 e. The zero-order chi connectivity index (χ0) is 15.9. The average molecular weight is 309 g/mol. The van der Waals surface area contributed by atoms with Gasteiger partial charge in [-0.25, -0.2) is 4.79 Å². The van der Waals surface area contributed by atoms with Gasteiger partial charge in [0.2, 0.25) is 0 Å². The van der Waals surface area contributed by atoms with Crippen molar-refractivity contribution in [2.75, 3.05) is 32.6 Å². The van der Waals surface area contributed by atoms with Gasteiger partial charge in [0.05, 0.1) is 18.4 Å². The summed E-state index contributed by atoms with van der Waals surface area (Å²) in [6.45, 7) is 1.81. The molecule has 1 fully saturated rings. The van der Waals surface area contributed by atoms with Crippen molar-refractivity contribution >= 4 is 11.7 Å². The fourth-order valence-electron chi connectivity index (χ4n) is 2.80. The summed E-state index contributed by atoms with van der Waals surface area (Å²) in [6.07, 6.45) is 7.62. The van der Waals surface area contributed by atoms with E-state index in [9.17, 15) is 9.90 Å². The van der Waals surface area contributed by atoms with E-state index in [1.54, 1.807) is 6.20 Å². The molecule has 0 aliphatic heterocycles. The molecular formula is C15H27N5O2. The van der Waals surface area contributed by atoms with Gasteiger partial charge < -0.3 is 20.6 Å². The van der Waals surface area contributed by atoms with Crippen molar-refractivity contribution in [1.29, 1.82) is 0 Å². The van der Waals surface area contributed by atoms with Crippen molar-refractivity contribution in [2.45, 2.75) is 38.3 Å². The Kier molecular flexibility index (Phi) is 6.21. The van der Waals surface area contributed by atoms with E-state index in [2.05, 4.69) is 20.6 Å². The Morgan fingerprint density at radius 2 is 2.23 bits per heavy atom. The smallest absolute Gasteiger partial charge is 0.319 e. The SMILES string of the molecule is CN(C)CCn1cc(NC(=O)NC2CCCCC2CO)cn1. The molecule has 1 saturated carbocycles. The lowest BCUT2D eigenvalue weighted by molar-refractivity contribution is 0.156. The van der Waals surface area contributed by atoms with Crippen LogP contribution in [-0.2, 0) is 6.54 Å². The van der Waals surface area contributed by atoms with Crippen LogP contribution in [0.4, 0.5) is 10.5 Å². The number of rotatable bonds is 6. The third-order valence-corrected chi connectivity index (χ3v) is 4.13. The fourth-order valence-corrected chi connectivity index (χ4v) is 2.80. The van der Waals surface area contributed by atoms with Crippen LogP contribution in [0.2, 0.25) is 0 Å². The number of aromatic nitrogens is 2. The minimum atomic E-state index is -0.225. The number of carbonyl (C=O) groups excluding carboxylic acids is 1. The van der Waals surface area contributed by atoms with Crippen LogP contribution in [0.25, 0.3) is 0 Å². The van der Waals surface area contributed by atoms with E-state index in [1.165, 1.54) is 0 Å². The molecule has 1 aromatic rings. The molecule has 1 aliphatic carbocycles. The summed E-state index contributed by atoms with van der Waals surface area (Å²) in [6, 6.07) is -0.167. The summed E-state index contributed by atoms with van der Waals surface area (Å²) in [5, 5.41) is 19.4. The summed E-state index contributed by atoms with van der Waals surface area (Å²) < 4.78 is 1.81. The van der Waals surface area contributed by atoms with E-state index < -0.39 is 0 Å². The molecule has 1 heterocycles. The van der Waals surface area contributed by atoms with Crippen LogP contribution >= 0.6 is 0 Å². The third kappa shape index (κ3) is 4.99. The number of nitrogens with zero attached hydrogens (tertiary/aromatic N) is 3. The van der Waals surface area contributed by atoms with Gasteiger partial charge in [-0.2, -0.15) is 5.10 Å². The van der Waals surface area contributed by atoms with E-state index in [-0.39, 0.29) is 24.6 Å². The number of aliphatic hydroxyl groups is 1. The first-order valence-electron chi connectivity index (χ1n) is 7.94. The lowest BCUT2D eigenvalue weighted by Crippen LogP contribution is -2.45. The number of urea groups is 1. The number of nitrogens with one attached hydrogen (secondary N) is 2. The summed E-state index contributed by atoms with van der Waals surface area (Å²) in [5.41, 5.74) is 0.688. The van der Waals surface area contributed by atoms with Gasteiger partial charge in [-0.1, -0.05) is 12.8 Å². The van der Waals surface area contributed by atoms with Gasteiger partial charge in [-0.3, -0.25) is 4.68 Å². The normalized spacial score (nSPS) is 21.8. The van der Waals surface area contributed by atoms with Gasteiger partial charge in [0.1, 0.15) is 0 Å². The fraction of sp³-hybridized carbons (Fsp3) is 0.733. The molecule has 2 rings (SSSR count). The van der Waals surface area contributed by atoms with Gasteiger partial charge in [-0.15, -0.1) is 0 Å². The monoisotopic (exact) mass is 309 g/mol. The Bertz CT molecular complexity index is 474. The number of anilines is 1. The number of amides is 2. The van der Waals surface area contributed by atoms with Crippen LogP contribution in [0, 0.1) is 5.92 Å². The molecule has 7 heteroatoms. The van der Waals surface area contributed by atoms with E-state index in [1.807, 2.05) is 25.0 Å². The quantitative estimate of drug-likeness (QED) is 0.735. The highest BCUT2D eigenvalue weighted by Crippen LogP contribution is 2.24. The second kappa shape index (κ2) is 8.14. The average Bonchev–Trinajstić information content (AvgIpc) is 2.93. The number of hydrogen-bond acceptors (Lipinski definition) is 4. The number of hydrogen-bond donors (Lipinski definition) is 3. The molecule has 0 saturated heterocycles. The van der Waals surface area contributed by atoms with Crippen molar-refractivity contribution < 1.29 is 9.90 Å². The summed E-state index contributed by atoms with van der Waals surface area (Å²) >= 11 is 0. The molecule has 0 bridgehead atoms. The molecule has 124 valence electrons. The molecule has 2 unspecified atom stereocenters. The minimum absolute atomic E-state index is 0.0579. The number of likely N-dealkylation sites (N-methyl/N-ethyl adjacent to an activating group) is 1. The predicted molar refractivity (Wildman–Crippen MR) is 85.8 cm³/mol. The number of carbonyl (C=O) groups is 1. The Morgan fingerprint density at radius 3 is 2.95 bits per heavy atom. The molecule has 22 heavy (non-hydrogen) atoms. The maximum absolute atomic E-state index is 12.1. The highest BCUT2D eigenvalue weighted by Gasteiger charge is 2.25. The lowest BCUT2D eigenvalue weighted by Gasteiger charge is -2.30. The molecule has 1 aromatic heterocycles. The van der Waals surface area contributed by atoms with Crippen LogP contribution in [0.15, 0.2) is 12.4 Å². The minimum Gasteiger partial charge on any atom is -0.396 e. The van der Waals surface area contributed by atoms with Crippen molar-refractivity contribution in [3.8, 4) is 0 Å². The van der Waals surface area contributed by atoms with E-state index in [0.29, 0.717) is 5.69 Å². The Balaban J connectivity index is 1.81. The highest BCUT2D eigenvalue weighted by atomic mass is 16.3. The first-order chi connectivity index (χ1) is 10.6. The molecule has 2 atom stereocenters. The van der Waals surface area contributed by atoms with Crippen molar-refractivity contribution in [3.63, 3.8) is 0 Å². The molecule has 3 N–H and O–H groups in total. The van der Waals surface area contributed by atoms with Crippen molar-refractivity contribution in [2.24, 2.45) is 5.92 Å². The maximum atomic E-state index is 12.1. The van der Waals surface area contributed by atoms with Gasteiger partial charge in [-0.05, 0) is 26.9 Å². The molecule has 0 aromatic carbocycles. The highest BCUT2D eigenvalue weighted by molar-refractivity contribution is 5.89. The predicted octanol–water partition coefficient (Wildman–Crippen LogP) is 1.12. The first kappa shape index (κ1) is 16.8. The second-order valence-corrected chi connectivity index (χ2v) is 6.23. The molecule has 1 aliphatic rings. The van der Waals surface area contributed by atoms with E-state index >= 15 is 0 Å². The molecular weight excluding hydrogens is 282 g/mol. The Morgan fingerprint density at radius 1 is 1.45 bits per heavy atom. The van der Waals surface area contributed by atoms with Gasteiger partial charge in [0.25, 0.3) is 0 Å². The molecule has 0 spiro atoms. The van der Waals surface area contributed by atoms with Crippen LogP contribution in [-0.4, -0.2) is 59.1 Å². The number of aliphatic hydroxyl groups excluding tert-OH is 1. The summed E-state index contributed by atoms with van der Waals surface area (Å²) in [4.78, 5) is 14.2. The molecule has 7 nitrogen and oxygen atoms in total. The summed E-state index contributed by atoms with van der Waals surface area (Å²) in [5.74, 6) is 0.169. The zero-order valence-electron chi connectivity index (χ0n) is 13.5. The topological polar surface area (TPSA) is 82.4 Å². The van der Waals surface area contributed by atoms with Crippen LogP contribution in [0.1, 0.15) is 25.7 Å². The van der Waals surface area contributed by atoms with Crippen LogP contribution in [0.5, 0.6) is 0 Å².